The van der Waals surface area contributed by atoms with Crippen LogP contribution in [0.4, 0.5) is 8.78 Å². The molecule has 0 atom stereocenters. The number of nitrogens with zero attached hydrogens (tertiary/aromatic N) is 3. The summed E-state index contributed by atoms with van der Waals surface area (Å²) in [5.74, 6) is -1.29. The first-order valence-electron chi connectivity index (χ1n) is 10.5. The molecule has 5 nitrogen and oxygen atoms in total. The highest BCUT2D eigenvalue weighted by molar-refractivity contribution is 6.30. The number of carbonyl (C=O) groups is 1. The molecule has 4 rings (SSSR count). The summed E-state index contributed by atoms with van der Waals surface area (Å²) in [7, 11) is 0. The van der Waals surface area contributed by atoms with Gasteiger partial charge < -0.3 is 9.64 Å². The second kappa shape index (κ2) is 9.28. The smallest absolute Gasteiger partial charge is 0.227 e. The van der Waals surface area contributed by atoms with Crippen LogP contribution in [0.1, 0.15) is 29.8 Å². The summed E-state index contributed by atoms with van der Waals surface area (Å²) in [4.78, 5) is 14.8. The van der Waals surface area contributed by atoms with E-state index >= 15 is 0 Å². The Morgan fingerprint density at radius 2 is 1.81 bits per heavy atom. The Labute approximate surface area is 190 Å². The molecule has 32 heavy (non-hydrogen) atoms. The zero-order valence-corrected chi connectivity index (χ0v) is 18.7. The minimum Gasteiger partial charge on any atom is -0.487 e. The molecule has 1 aromatic heterocycles. The predicted molar refractivity (Wildman–Crippen MR) is 118 cm³/mol. The second-order valence-electron chi connectivity index (χ2n) is 7.99. The molecule has 1 aliphatic rings. The minimum absolute atomic E-state index is 0.0262. The first-order valence-corrected chi connectivity index (χ1v) is 10.9. The van der Waals surface area contributed by atoms with Crippen LogP contribution in [0.25, 0.3) is 5.69 Å². The lowest BCUT2D eigenvalue weighted by atomic mass is 10.0. The second-order valence-corrected chi connectivity index (χ2v) is 8.42. The van der Waals surface area contributed by atoms with Gasteiger partial charge in [-0.1, -0.05) is 11.6 Å². The molecule has 1 fully saturated rings. The molecular formula is C24H24ClF2N3O2. The zero-order chi connectivity index (χ0) is 22.8. The maximum absolute atomic E-state index is 13.8. The molecule has 3 aromatic rings. The van der Waals surface area contributed by atoms with E-state index in [2.05, 4.69) is 5.10 Å². The number of carbonyl (C=O) groups excluding carboxylic acids is 1. The fourth-order valence-corrected chi connectivity index (χ4v) is 4.13. The first-order chi connectivity index (χ1) is 15.3. The lowest BCUT2D eigenvalue weighted by molar-refractivity contribution is -0.132. The van der Waals surface area contributed by atoms with Crippen molar-refractivity contribution in [3.63, 3.8) is 0 Å². The van der Waals surface area contributed by atoms with Crippen LogP contribution in [0.5, 0.6) is 5.75 Å². The summed E-state index contributed by atoms with van der Waals surface area (Å²) in [6, 6.07) is 10.7. The Bertz CT molecular complexity index is 1120. The first kappa shape index (κ1) is 22.3. The fourth-order valence-electron chi connectivity index (χ4n) is 4.00. The van der Waals surface area contributed by atoms with Crippen LogP contribution in [0, 0.1) is 25.5 Å². The van der Waals surface area contributed by atoms with Gasteiger partial charge in [-0.25, -0.2) is 13.5 Å². The monoisotopic (exact) mass is 459 g/mol. The third-order valence-electron chi connectivity index (χ3n) is 5.82. The van der Waals surface area contributed by atoms with Crippen LogP contribution in [-0.2, 0) is 11.2 Å². The minimum atomic E-state index is -0.716. The lowest BCUT2D eigenvalue weighted by Crippen LogP contribution is -2.42. The van der Waals surface area contributed by atoms with E-state index in [0.29, 0.717) is 31.0 Å². The van der Waals surface area contributed by atoms with Gasteiger partial charge in [-0.2, -0.15) is 5.10 Å². The molecule has 0 spiro atoms. The molecule has 1 amide bonds. The van der Waals surface area contributed by atoms with E-state index in [-0.39, 0.29) is 24.2 Å². The molecule has 0 bridgehead atoms. The quantitative estimate of drug-likeness (QED) is 0.537. The van der Waals surface area contributed by atoms with Crippen LogP contribution in [-0.4, -0.2) is 39.8 Å². The molecule has 0 aliphatic carbocycles. The van der Waals surface area contributed by atoms with Gasteiger partial charge in [0.2, 0.25) is 5.91 Å². The number of halogens is 3. The summed E-state index contributed by atoms with van der Waals surface area (Å²) in [6.45, 7) is 4.90. The maximum Gasteiger partial charge on any atom is 0.227 e. The summed E-state index contributed by atoms with van der Waals surface area (Å²) in [5.41, 5.74) is 3.54. The van der Waals surface area contributed by atoms with Crippen molar-refractivity contribution < 1.29 is 18.3 Å². The van der Waals surface area contributed by atoms with Gasteiger partial charge in [-0.15, -0.1) is 0 Å². The van der Waals surface area contributed by atoms with Gasteiger partial charge in [0.1, 0.15) is 11.9 Å². The van der Waals surface area contributed by atoms with E-state index in [1.54, 1.807) is 4.90 Å². The zero-order valence-electron chi connectivity index (χ0n) is 17.9. The number of ether oxygens (including phenoxy) is 1. The van der Waals surface area contributed by atoms with E-state index in [0.717, 1.165) is 28.7 Å². The van der Waals surface area contributed by atoms with E-state index < -0.39 is 11.6 Å². The molecule has 2 aromatic carbocycles. The van der Waals surface area contributed by atoms with Gasteiger partial charge >= 0.3 is 0 Å². The van der Waals surface area contributed by atoms with Crippen molar-refractivity contribution in [2.24, 2.45) is 0 Å². The van der Waals surface area contributed by atoms with Crippen molar-refractivity contribution in [3.8, 4) is 11.4 Å². The Balaban J connectivity index is 1.37. The predicted octanol–water partition coefficient (Wildman–Crippen LogP) is 5.03. The number of benzene rings is 2. The van der Waals surface area contributed by atoms with Crippen molar-refractivity contribution >= 4 is 17.5 Å². The third kappa shape index (κ3) is 4.78. The summed E-state index contributed by atoms with van der Waals surface area (Å²) >= 11 is 5.98. The van der Waals surface area contributed by atoms with Crippen molar-refractivity contribution in [1.82, 2.24) is 14.7 Å². The number of aromatic nitrogens is 2. The fraction of sp³-hybridized carbons (Fsp3) is 0.333. The van der Waals surface area contributed by atoms with Gasteiger partial charge in [0.15, 0.2) is 11.6 Å². The number of amides is 1. The molecule has 1 saturated heterocycles. The van der Waals surface area contributed by atoms with Crippen molar-refractivity contribution in [2.45, 2.75) is 39.2 Å². The van der Waals surface area contributed by atoms with Crippen molar-refractivity contribution in [3.05, 3.63) is 76.1 Å². The molecule has 168 valence electrons. The van der Waals surface area contributed by atoms with E-state index in [9.17, 15) is 13.6 Å². The molecule has 0 saturated carbocycles. The third-order valence-corrected chi connectivity index (χ3v) is 6.07. The van der Waals surface area contributed by atoms with Crippen LogP contribution in [0.3, 0.4) is 0 Å². The topological polar surface area (TPSA) is 47.4 Å². The Morgan fingerprint density at radius 1 is 1.12 bits per heavy atom. The van der Waals surface area contributed by atoms with E-state index in [1.165, 1.54) is 12.1 Å². The number of aryl methyl sites for hydroxylation is 1. The van der Waals surface area contributed by atoms with Crippen LogP contribution < -0.4 is 4.74 Å². The highest BCUT2D eigenvalue weighted by Gasteiger charge is 2.26. The lowest BCUT2D eigenvalue weighted by Gasteiger charge is -2.32. The standard InChI is InChI=1S/C24H24ClF2N3O2/c1-15-21(16(2)30(28-15)19-6-3-17(25)4-7-19)14-24(31)29-11-9-20(10-12-29)32-23-8-5-18(26)13-22(23)27/h3-8,13,20H,9-12,14H2,1-2H3. The van der Waals surface area contributed by atoms with Gasteiger partial charge in [0, 0.05) is 48.3 Å². The van der Waals surface area contributed by atoms with Crippen molar-refractivity contribution in [2.75, 3.05) is 13.1 Å². The highest BCUT2D eigenvalue weighted by Crippen LogP contribution is 2.24. The Morgan fingerprint density at radius 3 is 2.47 bits per heavy atom. The number of piperidine rings is 1. The summed E-state index contributed by atoms with van der Waals surface area (Å²) in [5, 5.41) is 5.26. The maximum atomic E-state index is 13.8. The van der Waals surface area contributed by atoms with Gasteiger partial charge in [-0.05, 0) is 50.2 Å². The summed E-state index contributed by atoms with van der Waals surface area (Å²) in [6.07, 6.45) is 1.23. The number of hydrogen-bond donors (Lipinski definition) is 0. The number of likely N-dealkylation sites (tertiary alicyclic amines) is 1. The molecule has 8 heteroatoms. The van der Waals surface area contributed by atoms with E-state index in [4.69, 9.17) is 16.3 Å². The molecule has 0 N–H and O–H groups in total. The average Bonchev–Trinajstić information content (AvgIpc) is 3.05. The molecular weight excluding hydrogens is 436 g/mol. The van der Waals surface area contributed by atoms with Crippen molar-refractivity contribution in [1.29, 1.82) is 0 Å². The van der Waals surface area contributed by atoms with Gasteiger partial charge in [0.25, 0.3) is 0 Å². The summed E-state index contributed by atoms with van der Waals surface area (Å²) < 4.78 is 34.4. The van der Waals surface area contributed by atoms with Gasteiger partial charge in [-0.3, -0.25) is 4.79 Å². The molecule has 0 unspecified atom stereocenters. The largest absolute Gasteiger partial charge is 0.487 e. The van der Waals surface area contributed by atoms with Gasteiger partial charge in [0.05, 0.1) is 17.8 Å². The molecule has 0 radical (unpaired) electrons. The molecule has 1 aliphatic heterocycles. The van der Waals surface area contributed by atoms with Crippen LogP contribution >= 0.6 is 11.6 Å². The van der Waals surface area contributed by atoms with Crippen LogP contribution in [0.15, 0.2) is 42.5 Å². The Hall–Kier alpha value is -2.93. The SMILES string of the molecule is Cc1nn(-c2ccc(Cl)cc2)c(C)c1CC(=O)N1CCC(Oc2ccc(F)cc2F)CC1. The van der Waals surface area contributed by atoms with E-state index in [1.807, 2.05) is 42.8 Å². The number of hydrogen-bond acceptors (Lipinski definition) is 3. The Kier molecular flexibility index (Phi) is 6.46. The highest BCUT2D eigenvalue weighted by atomic mass is 35.5. The molecule has 2 heterocycles. The average molecular weight is 460 g/mol. The van der Waals surface area contributed by atoms with Crippen LogP contribution in [0.2, 0.25) is 5.02 Å². The number of rotatable bonds is 5. The normalized spacial score (nSPS) is 14.6.